The standard InChI is InChI=1S/C24H15N5.Pt/c1-2-9-17(10-3-1)20-13-8-15-22(26-20)28-24-19-12-5-4-11-18(19)23(29-24)27-21-14-6-7-16-25-21;/h1-9,11-16H;/q-2;+2. The van der Waals surface area contributed by atoms with E-state index in [0.717, 1.165) is 22.4 Å². The molecule has 0 bridgehead atoms. The van der Waals surface area contributed by atoms with Gasteiger partial charge in [0.25, 0.3) is 0 Å². The molecular formula is C24H15N5Pt. The number of hydrogen-bond donors (Lipinski definition) is 0. The summed E-state index contributed by atoms with van der Waals surface area (Å²) in [5.74, 6) is 2.40. The molecule has 6 heteroatoms. The predicted octanol–water partition coefficient (Wildman–Crippen LogP) is 5.49. The van der Waals surface area contributed by atoms with Crippen LogP contribution in [0.4, 0.5) is 11.6 Å². The van der Waals surface area contributed by atoms with Crippen LogP contribution in [0.3, 0.4) is 0 Å². The molecule has 3 heterocycles. The van der Waals surface area contributed by atoms with Crippen molar-refractivity contribution in [2.45, 2.75) is 0 Å². The molecule has 1 aliphatic rings. The number of aromatic nitrogens is 2. The first-order valence-electron chi connectivity index (χ1n) is 9.21. The van der Waals surface area contributed by atoms with Crippen molar-refractivity contribution >= 4 is 23.3 Å². The molecule has 0 N–H and O–H groups in total. The van der Waals surface area contributed by atoms with Crippen LogP contribution in [0, 0.1) is 6.07 Å². The van der Waals surface area contributed by atoms with Crippen LogP contribution in [0.2, 0.25) is 0 Å². The van der Waals surface area contributed by atoms with Gasteiger partial charge in [-0.2, -0.15) is 0 Å². The molecule has 0 unspecified atom stereocenters. The second-order valence-electron chi connectivity index (χ2n) is 6.37. The number of benzene rings is 2. The SMILES string of the molecule is [Pt+2].[c-]1ccccc1-c1cccc(N=C2[N-]C(=Nc3ccccn3)c3ccccc32)n1. The zero-order valence-corrected chi connectivity index (χ0v) is 18.0. The summed E-state index contributed by atoms with van der Waals surface area (Å²) in [4.78, 5) is 18.2. The van der Waals surface area contributed by atoms with Crippen molar-refractivity contribution in [3.63, 3.8) is 0 Å². The molecule has 0 aliphatic carbocycles. The monoisotopic (exact) mass is 568 g/mol. The van der Waals surface area contributed by atoms with E-state index in [1.54, 1.807) is 6.20 Å². The van der Waals surface area contributed by atoms with Crippen molar-refractivity contribution in [3.8, 4) is 11.3 Å². The van der Waals surface area contributed by atoms with E-state index < -0.39 is 0 Å². The Morgan fingerprint density at radius 3 is 2.10 bits per heavy atom. The minimum Gasteiger partial charge on any atom is -0.357 e. The number of pyridine rings is 2. The number of amidine groups is 2. The Bertz CT molecular complexity index is 1220. The zero-order valence-electron chi connectivity index (χ0n) is 15.7. The van der Waals surface area contributed by atoms with Crippen LogP contribution in [0.5, 0.6) is 0 Å². The van der Waals surface area contributed by atoms with Gasteiger partial charge in [-0.15, -0.1) is 35.9 Å². The molecule has 4 aromatic rings. The van der Waals surface area contributed by atoms with Crippen LogP contribution >= 0.6 is 0 Å². The maximum atomic E-state index is 4.70. The number of fused-ring (bicyclic) bond motifs is 1. The molecule has 0 radical (unpaired) electrons. The van der Waals surface area contributed by atoms with Crippen molar-refractivity contribution in [3.05, 3.63) is 114 Å². The van der Waals surface area contributed by atoms with Gasteiger partial charge in [0, 0.05) is 17.9 Å². The summed E-state index contributed by atoms with van der Waals surface area (Å²) in [6, 6.07) is 30.2. The van der Waals surface area contributed by atoms with Gasteiger partial charge in [0.15, 0.2) is 0 Å². The van der Waals surface area contributed by atoms with Gasteiger partial charge >= 0.3 is 21.1 Å². The van der Waals surface area contributed by atoms with Gasteiger partial charge in [0.1, 0.15) is 0 Å². The van der Waals surface area contributed by atoms with Gasteiger partial charge in [0.2, 0.25) is 0 Å². The van der Waals surface area contributed by atoms with Gasteiger partial charge in [-0.1, -0.05) is 42.5 Å². The fourth-order valence-corrected chi connectivity index (χ4v) is 3.09. The molecule has 146 valence electrons. The van der Waals surface area contributed by atoms with Crippen LogP contribution in [-0.2, 0) is 21.1 Å². The number of aliphatic imine (C=N–C) groups is 2. The van der Waals surface area contributed by atoms with E-state index in [2.05, 4.69) is 26.3 Å². The van der Waals surface area contributed by atoms with Crippen molar-refractivity contribution in [1.82, 2.24) is 9.97 Å². The third-order valence-corrected chi connectivity index (χ3v) is 4.43. The van der Waals surface area contributed by atoms with Crippen LogP contribution in [0.25, 0.3) is 16.6 Å². The van der Waals surface area contributed by atoms with Crippen LogP contribution in [-0.4, -0.2) is 21.6 Å². The number of hydrogen-bond acceptors (Lipinski definition) is 4. The van der Waals surface area contributed by atoms with E-state index in [9.17, 15) is 0 Å². The van der Waals surface area contributed by atoms with Gasteiger partial charge < -0.3 is 15.3 Å². The topological polar surface area (TPSA) is 64.6 Å². The molecule has 0 amide bonds. The van der Waals surface area contributed by atoms with E-state index in [1.165, 1.54) is 0 Å². The Balaban J connectivity index is 0.00000218. The predicted molar refractivity (Wildman–Crippen MR) is 115 cm³/mol. The molecule has 5 rings (SSSR count). The summed E-state index contributed by atoms with van der Waals surface area (Å²) in [7, 11) is 0. The first-order valence-corrected chi connectivity index (χ1v) is 9.21. The minimum atomic E-state index is 0. The fraction of sp³-hybridized carbons (Fsp3) is 0. The van der Waals surface area contributed by atoms with Crippen LogP contribution in [0.1, 0.15) is 11.1 Å². The molecule has 0 saturated carbocycles. The van der Waals surface area contributed by atoms with Gasteiger partial charge in [0.05, 0.1) is 11.6 Å². The summed E-state index contributed by atoms with van der Waals surface area (Å²) in [6.07, 6.45) is 1.71. The van der Waals surface area contributed by atoms with Crippen molar-refractivity contribution in [2.75, 3.05) is 0 Å². The summed E-state index contributed by atoms with van der Waals surface area (Å²) >= 11 is 0. The Kier molecular flexibility index (Phi) is 5.91. The van der Waals surface area contributed by atoms with Gasteiger partial charge in [-0.3, -0.25) is 9.97 Å². The van der Waals surface area contributed by atoms with E-state index in [4.69, 9.17) is 4.99 Å². The largest absolute Gasteiger partial charge is 2.00 e. The fourth-order valence-electron chi connectivity index (χ4n) is 3.09. The quantitative estimate of drug-likeness (QED) is 0.307. The maximum Gasteiger partial charge on any atom is 2.00 e. The second-order valence-corrected chi connectivity index (χ2v) is 6.37. The molecule has 0 atom stereocenters. The minimum absolute atomic E-state index is 0. The van der Waals surface area contributed by atoms with Crippen molar-refractivity contribution in [1.29, 1.82) is 0 Å². The van der Waals surface area contributed by atoms with Gasteiger partial charge in [-0.05, 0) is 35.0 Å². The second kappa shape index (κ2) is 8.93. The third-order valence-electron chi connectivity index (χ3n) is 4.43. The molecule has 0 spiro atoms. The Morgan fingerprint density at radius 2 is 1.40 bits per heavy atom. The van der Waals surface area contributed by atoms with E-state index in [0.29, 0.717) is 23.3 Å². The van der Waals surface area contributed by atoms with E-state index in [-0.39, 0.29) is 21.1 Å². The Morgan fingerprint density at radius 1 is 0.700 bits per heavy atom. The summed E-state index contributed by atoms with van der Waals surface area (Å²) in [5, 5.41) is 4.66. The van der Waals surface area contributed by atoms with Gasteiger partial charge in [-0.25, -0.2) is 0 Å². The normalized spacial score (nSPS) is 14.8. The van der Waals surface area contributed by atoms with Crippen molar-refractivity contribution < 1.29 is 21.1 Å². The number of rotatable bonds is 3. The van der Waals surface area contributed by atoms with Crippen LogP contribution < -0.4 is 0 Å². The Labute approximate surface area is 188 Å². The number of nitrogens with zero attached hydrogens (tertiary/aromatic N) is 5. The van der Waals surface area contributed by atoms with E-state index in [1.807, 2.05) is 84.9 Å². The molecule has 30 heavy (non-hydrogen) atoms. The molecule has 2 aromatic heterocycles. The molecular weight excluding hydrogens is 553 g/mol. The zero-order chi connectivity index (χ0) is 19.5. The molecule has 5 nitrogen and oxygen atoms in total. The molecule has 0 saturated heterocycles. The molecule has 2 aromatic carbocycles. The first-order chi connectivity index (χ1) is 14.4. The average molecular weight is 568 g/mol. The Hall–Kier alpha value is -3.43. The molecule has 1 aliphatic heterocycles. The summed E-state index contributed by atoms with van der Waals surface area (Å²) in [6.45, 7) is 0. The van der Waals surface area contributed by atoms with E-state index >= 15 is 0 Å². The first kappa shape index (κ1) is 19.9. The molecule has 0 fully saturated rings. The summed E-state index contributed by atoms with van der Waals surface area (Å²) in [5.41, 5.74) is 3.61. The van der Waals surface area contributed by atoms with Crippen LogP contribution in [0.15, 0.2) is 101 Å². The van der Waals surface area contributed by atoms with Crippen molar-refractivity contribution in [2.24, 2.45) is 9.98 Å². The maximum absolute atomic E-state index is 4.70. The average Bonchev–Trinajstić information content (AvgIpc) is 3.12. The third kappa shape index (κ3) is 4.12. The summed E-state index contributed by atoms with van der Waals surface area (Å²) < 4.78 is 0. The smallest absolute Gasteiger partial charge is 0.357 e.